The van der Waals surface area contributed by atoms with Gasteiger partial charge in [0, 0.05) is 16.3 Å². The van der Waals surface area contributed by atoms with E-state index in [9.17, 15) is 4.11 Å². The zero-order valence-corrected chi connectivity index (χ0v) is 23.8. The molecular formula is C44H28O. The van der Waals surface area contributed by atoms with Crippen molar-refractivity contribution in [3.63, 3.8) is 0 Å². The lowest BCUT2D eigenvalue weighted by Gasteiger charge is -2.20. The SMILES string of the molecule is [2H]c1c([2H])c([2H])c(-c2c3ccccc3c(-c3c([2H])c(-c4ccccc4)c4oc5c([2H])c([2H])c([2H])c([2H])c5c4c3[2H])c3ccccc23)c(-c2ccccc2)c1[2H]. The smallest absolute Gasteiger partial charge is 0.143 e. The summed E-state index contributed by atoms with van der Waals surface area (Å²) in [6.07, 6.45) is 0. The molecule has 45 heavy (non-hydrogen) atoms. The van der Waals surface area contributed by atoms with Gasteiger partial charge in [0.1, 0.15) is 11.2 Å². The molecule has 8 aromatic carbocycles. The maximum Gasteiger partial charge on any atom is 0.143 e. The van der Waals surface area contributed by atoms with E-state index in [4.69, 9.17) is 14.0 Å². The molecule has 0 N–H and O–H groups in total. The Balaban J connectivity index is 1.51. The van der Waals surface area contributed by atoms with Gasteiger partial charge in [-0.05, 0) is 78.6 Å². The Hall–Kier alpha value is -5.92. The summed E-state index contributed by atoms with van der Waals surface area (Å²) in [5, 5.41) is 2.74. The van der Waals surface area contributed by atoms with Gasteiger partial charge in [0.05, 0.1) is 13.7 Å². The van der Waals surface area contributed by atoms with Crippen LogP contribution in [0, 0.1) is 0 Å². The molecule has 0 aliphatic rings. The van der Waals surface area contributed by atoms with Crippen LogP contribution >= 0.6 is 0 Å². The molecule has 0 unspecified atom stereocenters. The van der Waals surface area contributed by atoms with Crippen molar-refractivity contribution in [3.05, 3.63) is 170 Å². The van der Waals surface area contributed by atoms with Crippen molar-refractivity contribution < 1.29 is 18.1 Å². The molecule has 0 aliphatic carbocycles. The summed E-state index contributed by atoms with van der Waals surface area (Å²) in [5.41, 5.74) is 3.57. The highest BCUT2D eigenvalue weighted by molar-refractivity contribution is 6.23. The van der Waals surface area contributed by atoms with Crippen LogP contribution in [0.5, 0.6) is 0 Å². The van der Waals surface area contributed by atoms with E-state index in [-0.39, 0.29) is 75.8 Å². The molecule has 1 heteroatoms. The molecule has 0 amide bonds. The second-order valence-corrected chi connectivity index (χ2v) is 10.8. The van der Waals surface area contributed by atoms with Crippen molar-refractivity contribution in [1.29, 1.82) is 0 Å². The normalized spacial score (nSPS) is 14.7. The van der Waals surface area contributed by atoms with E-state index in [1.54, 1.807) is 0 Å². The van der Waals surface area contributed by atoms with E-state index in [0.29, 0.717) is 60.5 Å². The summed E-state index contributed by atoms with van der Waals surface area (Å²) in [7, 11) is 0. The van der Waals surface area contributed by atoms with Crippen LogP contribution in [0.15, 0.2) is 174 Å². The minimum absolute atomic E-state index is 0.0346. The molecule has 1 nitrogen and oxygen atoms in total. The second-order valence-electron chi connectivity index (χ2n) is 10.8. The van der Waals surface area contributed by atoms with Gasteiger partial charge in [-0.25, -0.2) is 0 Å². The molecule has 0 atom stereocenters. The summed E-state index contributed by atoms with van der Waals surface area (Å²) in [6, 6.07) is 30.2. The zero-order chi connectivity index (χ0) is 38.4. The Morgan fingerprint density at radius 1 is 0.378 bits per heavy atom. The van der Waals surface area contributed by atoms with E-state index in [2.05, 4.69) is 0 Å². The number of rotatable bonds is 4. The minimum Gasteiger partial charge on any atom is -0.455 e. The van der Waals surface area contributed by atoms with Crippen LogP contribution in [-0.4, -0.2) is 0 Å². The average molecular weight is 583 g/mol. The Bertz CT molecular complexity index is 3030. The van der Waals surface area contributed by atoms with Gasteiger partial charge >= 0.3 is 0 Å². The van der Waals surface area contributed by atoms with E-state index in [0.717, 1.165) is 0 Å². The largest absolute Gasteiger partial charge is 0.455 e. The van der Waals surface area contributed by atoms with Crippen LogP contribution < -0.4 is 0 Å². The van der Waals surface area contributed by atoms with Gasteiger partial charge in [-0.1, -0.05) is 151 Å². The predicted octanol–water partition coefficient (Wildman–Crippen LogP) is 12.6. The molecule has 0 aliphatic heterocycles. The summed E-state index contributed by atoms with van der Waals surface area (Å²) < 4.78 is 96.3. The number of furan rings is 1. The Kier molecular flexibility index (Phi) is 4.01. The van der Waals surface area contributed by atoms with Crippen molar-refractivity contribution in [3.8, 4) is 44.5 Å². The lowest BCUT2D eigenvalue weighted by atomic mass is 9.83. The van der Waals surface area contributed by atoms with Crippen LogP contribution in [0.2, 0.25) is 0 Å². The summed E-state index contributed by atoms with van der Waals surface area (Å²) in [6.45, 7) is 0. The molecule has 9 aromatic rings. The molecule has 0 saturated carbocycles. The van der Waals surface area contributed by atoms with Crippen molar-refractivity contribution in [2.24, 2.45) is 0 Å². The third-order valence-corrected chi connectivity index (χ3v) is 8.31. The maximum absolute atomic E-state index is 9.89. The van der Waals surface area contributed by atoms with Gasteiger partial charge in [0.15, 0.2) is 0 Å². The van der Waals surface area contributed by atoms with Crippen LogP contribution in [0.25, 0.3) is 88.0 Å². The quantitative estimate of drug-likeness (QED) is 0.188. The predicted molar refractivity (Wildman–Crippen MR) is 190 cm³/mol. The van der Waals surface area contributed by atoms with E-state index in [1.807, 2.05) is 109 Å². The molecule has 210 valence electrons. The van der Waals surface area contributed by atoms with E-state index < -0.39 is 12.1 Å². The highest BCUT2D eigenvalue weighted by atomic mass is 16.3. The van der Waals surface area contributed by atoms with Gasteiger partial charge in [-0.3, -0.25) is 0 Å². The molecule has 9 rings (SSSR count). The van der Waals surface area contributed by atoms with Crippen LogP contribution in [0.1, 0.15) is 13.7 Å². The molecule has 1 aromatic heterocycles. The highest BCUT2D eigenvalue weighted by Crippen LogP contribution is 2.48. The average Bonchev–Trinajstić information content (AvgIpc) is 3.61. The number of fused-ring (bicyclic) bond motifs is 5. The lowest BCUT2D eigenvalue weighted by Crippen LogP contribution is -1.93. The maximum atomic E-state index is 9.89. The third-order valence-electron chi connectivity index (χ3n) is 8.31. The molecule has 0 fully saturated rings. The number of hydrogen-bond acceptors (Lipinski definition) is 1. The first-order valence-electron chi connectivity index (χ1n) is 19.6. The van der Waals surface area contributed by atoms with E-state index >= 15 is 0 Å². The fraction of sp³-hybridized carbons (Fsp3) is 0. The van der Waals surface area contributed by atoms with Gasteiger partial charge in [0.2, 0.25) is 0 Å². The Morgan fingerprint density at radius 2 is 0.889 bits per heavy atom. The Labute approximate surface area is 275 Å². The van der Waals surface area contributed by atoms with E-state index in [1.165, 1.54) is 0 Å². The number of para-hydroxylation sites is 1. The van der Waals surface area contributed by atoms with Crippen molar-refractivity contribution in [1.82, 2.24) is 0 Å². The molecule has 0 radical (unpaired) electrons. The van der Waals surface area contributed by atoms with Crippen molar-refractivity contribution in [2.75, 3.05) is 0 Å². The van der Waals surface area contributed by atoms with Gasteiger partial charge in [-0.2, -0.15) is 0 Å². The first-order chi connectivity index (χ1) is 26.5. The molecule has 0 saturated heterocycles. The number of benzene rings is 8. The third kappa shape index (κ3) is 4.09. The van der Waals surface area contributed by atoms with Crippen LogP contribution in [-0.2, 0) is 0 Å². The molecule has 0 bridgehead atoms. The summed E-state index contributed by atoms with van der Waals surface area (Å²) in [4.78, 5) is 0. The lowest BCUT2D eigenvalue weighted by molar-refractivity contribution is 0.670. The molecular weight excluding hydrogens is 544 g/mol. The number of hydrogen-bond donors (Lipinski definition) is 0. The first kappa shape index (κ1) is 17.4. The summed E-state index contributed by atoms with van der Waals surface area (Å²) in [5.74, 6) is 0. The second kappa shape index (κ2) is 10.4. The first-order valence-corrected chi connectivity index (χ1v) is 14.6. The topological polar surface area (TPSA) is 13.1 Å². The Morgan fingerprint density at radius 3 is 1.53 bits per heavy atom. The van der Waals surface area contributed by atoms with Gasteiger partial charge < -0.3 is 4.42 Å². The van der Waals surface area contributed by atoms with Crippen LogP contribution in [0.3, 0.4) is 0 Å². The van der Waals surface area contributed by atoms with Gasteiger partial charge in [0.25, 0.3) is 0 Å². The fourth-order valence-electron chi connectivity index (χ4n) is 6.38. The minimum atomic E-state index is -0.461. The monoisotopic (exact) mass is 582 g/mol. The standard InChI is InChI=1S/C44H28O/c1-3-15-29(16-4-1)32-19-7-8-21-34(32)43-37-24-11-9-22-35(37)42(36-23-10-12-25-38(36)43)31-27-39(30-17-5-2-6-18-30)44-40(28-31)33-20-13-14-26-41(33)45-44/h1-28H/i7D,8D,13D,14D,19D,20D,21D,26D,27D,28D. The van der Waals surface area contributed by atoms with Gasteiger partial charge in [-0.15, -0.1) is 0 Å². The van der Waals surface area contributed by atoms with Crippen molar-refractivity contribution in [2.45, 2.75) is 0 Å². The zero-order valence-electron chi connectivity index (χ0n) is 33.8. The van der Waals surface area contributed by atoms with Crippen molar-refractivity contribution >= 4 is 43.5 Å². The van der Waals surface area contributed by atoms with Crippen LogP contribution in [0.4, 0.5) is 0 Å². The summed E-state index contributed by atoms with van der Waals surface area (Å²) >= 11 is 0. The fourth-order valence-corrected chi connectivity index (χ4v) is 6.38. The highest BCUT2D eigenvalue weighted by Gasteiger charge is 2.21. The molecule has 0 spiro atoms. The molecule has 1 heterocycles.